The van der Waals surface area contributed by atoms with E-state index in [0.29, 0.717) is 6.07 Å². The van der Waals surface area contributed by atoms with Gasteiger partial charge in [0.2, 0.25) is 11.6 Å². The Kier molecular flexibility index (Phi) is 5.93. The van der Waals surface area contributed by atoms with Crippen LogP contribution in [0.15, 0.2) is 36.4 Å². The van der Waals surface area contributed by atoms with E-state index < -0.39 is 39.5 Å². The molecule has 0 bridgehead atoms. The van der Waals surface area contributed by atoms with Crippen LogP contribution in [0.25, 0.3) is 0 Å². The van der Waals surface area contributed by atoms with Gasteiger partial charge in [-0.15, -0.1) is 0 Å². The summed E-state index contributed by atoms with van der Waals surface area (Å²) in [5.41, 5.74) is -1.36. The van der Waals surface area contributed by atoms with Gasteiger partial charge in [-0.2, -0.15) is 4.39 Å². The van der Waals surface area contributed by atoms with E-state index in [0.717, 1.165) is 5.56 Å². The number of nitrogens with zero attached hydrogens (tertiary/aromatic N) is 2. The highest BCUT2D eigenvalue weighted by atomic mass is 19.2. The van der Waals surface area contributed by atoms with Crippen LogP contribution in [0.5, 0.6) is 0 Å². The van der Waals surface area contributed by atoms with Crippen molar-refractivity contribution >= 4 is 11.6 Å². The first kappa shape index (κ1) is 19.4. The molecule has 0 heterocycles. The van der Waals surface area contributed by atoms with Crippen LogP contribution < -0.4 is 5.32 Å². The summed E-state index contributed by atoms with van der Waals surface area (Å²) in [5.74, 6) is -6.85. The zero-order valence-corrected chi connectivity index (χ0v) is 14.0. The van der Waals surface area contributed by atoms with E-state index in [1.807, 2.05) is 30.3 Å². The summed E-state index contributed by atoms with van der Waals surface area (Å²) in [7, 11) is 3.54. The Morgan fingerprint density at radius 3 is 2.31 bits per heavy atom. The Balaban J connectivity index is 2.26. The number of likely N-dealkylation sites (N-methyl/N-ethyl adjacent to an activating group) is 1. The van der Waals surface area contributed by atoms with E-state index in [1.54, 1.807) is 19.0 Å². The molecule has 0 aliphatic carbocycles. The maximum atomic E-state index is 13.9. The maximum Gasteiger partial charge on any atom is 0.308 e. The second-order valence-electron chi connectivity index (χ2n) is 5.74. The summed E-state index contributed by atoms with van der Waals surface area (Å²) in [6.07, 6.45) is 0. The minimum absolute atomic E-state index is 0.0298. The van der Waals surface area contributed by atoms with Crippen molar-refractivity contribution in [3.05, 3.63) is 75.1 Å². The minimum Gasteiger partial charge on any atom is -0.350 e. The van der Waals surface area contributed by atoms with Gasteiger partial charge in [-0.25, -0.2) is 8.78 Å². The van der Waals surface area contributed by atoms with Crippen molar-refractivity contribution in [2.75, 3.05) is 20.6 Å². The fourth-order valence-electron chi connectivity index (χ4n) is 2.45. The van der Waals surface area contributed by atoms with Crippen molar-refractivity contribution in [1.82, 2.24) is 10.2 Å². The summed E-state index contributed by atoms with van der Waals surface area (Å²) in [4.78, 5) is 23.5. The van der Waals surface area contributed by atoms with Gasteiger partial charge in [0, 0.05) is 12.6 Å². The molecule has 0 aliphatic heterocycles. The molecule has 2 rings (SSSR count). The molecule has 26 heavy (non-hydrogen) atoms. The fraction of sp³-hybridized carbons (Fsp3) is 0.235. The van der Waals surface area contributed by atoms with Gasteiger partial charge in [-0.1, -0.05) is 30.3 Å². The van der Waals surface area contributed by atoms with Crippen LogP contribution in [-0.2, 0) is 0 Å². The van der Waals surface area contributed by atoms with Crippen molar-refractivity contribution in [3.8, 4) is 0 Å². The molecular weight excluding hydrogens is 351 g/mol. The first-order valence-electron chi connectivity index (χ1n) is 7.55. The van der Waals surface area contributed by atoms with Gasteiger partial charge >= 0.3 is 5.69 Å². The second-order valence-corrected chi connectivity index (χ2v) is 5.74. The Labute approximate surface area is 147 Å². The van der Waals surface area contributed by atoms with E-state index in [9.17, 15) is 28.1 Å². The molecule has 0 spiro atoms. The Hall–Kier alpha value is -2.94. The lowest BCUT2D eigenvalue weighted by molar-refractivity contribution is -0.387. The van der Waals surface area contributed by atoms with Crippen molar-refractivity contribution in [1.29, 1.82) is 0 Å². The molecule has 0 aliphatic rings. The van der Waals surface area contributed by atoms with Crippen LogP contribution in [-0.4, -0.2) is 36.4 Å². The van der Waals surface area contributed by atoms with Gasteiger partial charge in [0.05, 0.1) is 16.5 Å². The molecule has 0 aromatic heterocycles. The summed E-state index contributed by atoms with van der Waals surface area (Å²) < 4.78 is 40.8. The van der Waals surface area contributed by atoms with Gasteiger partial charge < -0.3 is 10.2 Å². The summed E-state index contributed by atoms with van der Waals surface area (Å²) in [6.45, 7) is 0.0298. The number of carbonyl (C=O) groups is 1. The molecule has 138 valence electrons. The van der Waals surface area contributed by atoms with Crippen molar-refractivity contribution in [2.24, 2.45) is 0 Å². The predicted molar refractivity (Wildman–Crippen MR) is 88.2 cm³/mol. The number of hydrogen-bond donors (Lipinski definition) is 1. The van der Waals surface area contributed by atoms with Crippen LogP contribution in [0, 0.1) is 27.6 Å². The van der Waals surface area contributed by atoms with E-state index >= 15 is 0 Å². The molecule has 0 saturated heterocycles. The first-order chi connectivity index (χ1) is 12.2. The molecule has 1 amide bonds. The molecule has 2 aromatic carbocycles. The highest BCUT2D eigenvalue weighted by Crippen LogP contribution is 2.25. The highest BCUT2D eigenvalue weighted by molar-refractivity contribution is 5.95. The van der Waals surface area contributed by atoms with E-state index in [2.05, 4.69) is 5.32 Å². The normalized spacial score (nSPS) is 12.1. The Morgan fingerprint density at radius 2 is 1.77 bits per heavy atom. The minimum atomic E-state index is -2.06. The van der Waals surface area contributed by atoms with Gasteiger partial charge in [0.1, 0.15) is 0 Å². The number of carbonyl (C=O) groups excluding carboxylic acids is 1. The average molecular weight is 367 g/mol. The molecular formula is C17H16F3N3O3. The molecule has 0 saturated carbocycles. The third-order valence-electron chi connectivity index (χ3n) is 3.83. The van der Waals surface area contributed by atoms with Gasteiger partial charge in [0.15, 0.2) is 5.82 Å². The third-order valence-corrected chi connectivity index (χ3v) is 3.83. The standard InChI is InChI=1S/C17H16F3N3O3/c1-22(2)13(10-6-4-3-5-7-10)9-21-17(24)11-8-12(23(25)26)15(19)16(20)14(11)18/h3-8,13H,9H2,1-2H3,(H,21,24). The third kappa shape index (κ3) is 3.99. The number of nitro groups is 1. The molecule has 1 unspecified atom stereocenters. The fourth-order valence-corrected chi connectivity index (χ4v) is 2.45. The van der Waals surface area contributed by atoms with Crippen LogP contribution in [0.1, 0.15) is 22.0 Å². The van der Waals surface area contributed by atoms with Gasteiger partial charge in [-0.05, 0) is 19.7 Å². The number of hydrogen-bond acceptors (Lipinski definition) is 4. The molecule has 0 radical (unpaired) electrons. The number of nitrogens with one attached hydrogen (secondary N) is 1. The molecule has 6 nitrogen and oxygen atoms in total. The number of nitro benzene ring substituents is 1. The number of benzene rings is 2. The molecule has 0 fully saturated rings. The van der Waals surface area contributed by atoms with E-state index in [1.165, 1.54) is 0 Å². The second kappa shape index (κ2) is 7.96. The van der Waals surface area contributed by atoms with Crippen LogP contribution >= 0.6 is 0 Å². The lowest BCUT2D eigenvalue weighted by Crippen LogP contribution is -2.35. The SMILES string of the molecule is CN(C)C(CNC(=O)c1cc([N+](=O)[O-])c(F)c(F)c1F)c1ccccc1. The zero-order chi connectivity index (χ0) is 19.4. The average Bonchev–Trinajstić information content (AvgIpc) is 2.60. The van der Waals surface area contributed by atoms with Crippen molar-refractivity contribution in [2.45, 2.75) is 6.04 Å². The Morgan fingerprint density at radius 1 is 1.15 bits per heavy atom. The maximum absolute atomic E-state index is 13.9. The highest BCUT2D eigenvalue weighted by Gasteiger charge is 2.29. The van der Waals surface area contributed by atoms with E-state index in [-0.39, 0.29) is 12.6 Å². The lowest BCUT2D eigenvalue weighted by Gasteiger charge is -2.25. The monoisotopic (exact) mass is 367 g/mol. The van der Waals surface area contributed by atoms with Gasteiger partial charge in [0.25, 0.3) is 5.91 Å². The number of rotatable bonds is 6. The van der Waals surface area contributed by atoms with Gasteiger partial charge in [-0.3, -0.25) is 14.9 Å². The van der Waals surface area contributed by atoms with Crippen LogP contribution in [0.4, 0.5) is 18.9 Å². The van der Waals surface area contributed by atoms with Crippen LogP contribution in [0.2, 0.25) is 0 Å². The Bertz CT molecular complexity index is 829. The smallest absolute Gasteiger partial charge is 0.308 e. The summed E-state index contributed by atoms with van der Waals surface area (Å²) in [5, 5.41) is 13.1. The largest absolute Gasteiger partial charge is 0.350 e. The lowest BCUT2D eigenvalue weighted by atomic mass is 10.1. The molecule has 1 N–H and O–H groups in total. The quantitative estimate of drug-likeness (QED) is 0.484. The molecule has 2 aromatic rings. The molecule has 9 heteroatoms. The summed E-state index contributed by atoms with van der Waals surface area (Å²) in [6, 6.07) is 9.22. The number of halogens is 3. The van der Waals surface area contributed by atoms with Crippen molar-refractivity contribution in [3.63, 3.8) is 0 Å². The zero-order valence-electron chi connectivity index (χ0n) is 14.0. The summed E-state index contributed by atoms with van der Waals surface area (Å²) >= 11 is 0. The molecule has 1 atom stereocenters. The van der Waals surface area contributed by atoms with E-state index in [4.69, 9.17) is 0 Å². The van der Waals surface area contributed by atoms with Crippen LogP contribution in [0.3, 0.4) is 0 Å². The topological polar surface area (TPSA) is 75.5 Å². The van der Waals surface area contributed by atoms with Crippen molar-refractivity contribution < 1.29 is 22.9 Å². The first-order valence-corrected chi connectivity index (χ1v) is 7.55. The number of amides is 1. The predicted octanol–water partition coefficient (Wildman–Crippen LogP) is 3.04.